The van der Waals surface area contributed by atoms with Gasteiger partial charge in [-0.1, -0.05) is 0 Å². The highest BCUT2D eigenvalue weighted by molar-refractivity contribution is 5.98. The number of carbonyl (C=O) groups excluding carboxylic acids is 3. The van der Waals surface area contributed by atoms with E-state index in [2.05, 4.69) is 14.7 Å². The van der Waals surface area contributed by atoms with E-state index in [1.165, 1.54) is 0 Å². The van der Waals surface area contributed by atoms with E-state index in [1.54, 1.807) is 29.4 Å². The minimum Gasteiger partial charge on any atom is -0.439 e. The van der Waals surface area contributed by atoms with Gasteiger partial charge in [-0.05, 0) is 18.2 Å². The molecule has 0 unspecified atom stereocenters. The number of aromatic nitrogens is 2. The fourth-order valence-electron chi connectivity index (χ4n) is 2.92. The molecule has 0 saturated carbocycles. The molecule has 1 aromatic carbocycles. The lowest BCUT2D eigenvalue weighted by molar-refractivity contribution is -0.126. The van der Waals surface area contributed by atoms with Gasteiger partial charge in [0.05, 0.1) is 17.4 Å². The molecule has 2 aliphatic heterocycles. The largest absolute Gasteiger partial charge is 0.439 e. The number of aromatic amines is 1. The van der Waals surface area contributed by atoms with Crippen molar-refractivity contribution in [1.82, 2.24) is 19.8 Å². The first-order valence-corrected chi connectivity index (χ1v) is 7.31. The van der Waals surface area contributed by atoms with Gasteiger partial charge in [-0.25, -0.2) is 14.7 Å². The van der Waals surface area contributed by atoms with Gasteiger partial charge in [0.25, 0.3) is 11.8 Å². The van der Waals surface area contributed by atoms with Crippen LogP contribution in [0.5, 0.6) is 0 Å². The minimum atomic E-state index is -0.593. The second-order valence-corrected chi connectivity index (χ2v) is 5.77. The zero-order valence-corrected chi connectivity index (χ0v) is 12.2. The van der Waals surface area contributed by atoms with Crippen molar-refractivity contribution in [3.05, 3.63) is 30.1 Å². The first kappa shape index (κ1) is 13.7. The number of hydrogen-bond acceptors (Lipinski definition) is 5. The molecule has 3 heterocycles. The Labute approximate surface area is 131 Å². The molecular formula is C15H14N4O4. The molecule has 0 atom stereocenters. The normalized spacial score (nSPS) is 18.4. The summed E-state index contributed by atoms with van der Waals surface area (Å²) in [6.07, 6.45) is 0.995. The van der Waals surface area contributed by atoms with Crippen molar-refractivity contribution < 1.29 is 19.1 Å². The minimum absolute atomic E-state index is 0.0620. The second kappa shape index (κ2) is 5.08. The van der Waals surface area contributed by atoms with Crippen LogP contribution in [-0.4, -0.2) is 63.9 Å². The van der Waals surface area contributed by atoms with Crippen molar-refractivity contribution in [1.29, 1.82) is 0 Å². The van der Waals surface area contributed by atoms with Crippen LogP contribution in [0.2, 0.25) is 0 Å². The quantitative estimate of drug-likeness (QED) is 0.895. The molecule has 0 spiro atoms. The third-order valence-corrected chi connectivity index (χ3v) is 4.19. The van der Waals surface area contributed by atoms with Crippen LogP contribution in [0.3, 0.4) is 0 Å². The van der Waals surface area contributed by atoms with E-state index in [4.69, 9.17) is 0 Å². The average molecular weight is 314 g/mol. The molecule has 2 aromatic rings. The summed E-state index contributed by atoms with van der Waals surface area (Å²) in [4.78, 5) is 45.2. The number of amides is 3. The van der Waals surface area contributed by atoms with Gasteiger partial charge < -0.3 is 14.6 Å². The lowest BCUT2D eigenvalue weighted by Gasteiger charge is -2.40. The van der Waals surface area contributed by atoms with E-state index in [1.807, 2.05) is 0 Å². The highest BCUT2D eigenvalue weighted by Crippen LogP contribution is 2.22. The number of benzene rings is 1. The van der Waals surface area contributed by atoms with E-state index in [0.29, 0.717) is 25.2 Å². The highest BCUT2D eigenvalue weighted by Gasteiger charge is 2.38. The van der Waals surface area contributed by atoms with Crippen LogP contribution in [-0.2, 0) is 9.53 Å². The summed E-state index contributed by atoms with van der Waals surface area (Å²) in [5.41, 5.74) is 2.23. The molecule has 2 fully saturated rings. The summed E-state index contributed by atoms with van der Waals surface area (Å²) >= 11 is 0. The topological polar surface area (TPSA) is 95.6 Å². The number of likely N-dealkylation sites (tertiary alicyclic amines) is 1. The van der Waals surface area contributed by atoms with Gasteiger partial charge in [0.2, 0.25) is 0 Å². The summed E-state index contributed by atoms with van der Waals surface area (Å²) in [7, 11) is 0. The predicted molar refractivity (Wildman–Crippen MR) is 78.5 cm³/mol. The van der Waals surface area contributed by atoms with Crippen molar-refractivity contribution in [2.45, 2.75) is 0 Å². The van der Waals surface area contributed by atoms with Crippen LogP contribution in [0.4, 0.5) is 4.79 Å². The second-order valence-electron chi connectivity index (χ2n) is 5.77. The van der Waals surface area contributed by atoms with E-state index < -0.39 is 6.09 Å². The number of imide groups is 1. The summed E-state index contributed by atoms with van der Waals surface area (Å²) in [5, 5.41) is 0. The average Bonchev–Trinajstić information content (AvgIpc) is 3.09. The van der Waals surface area contributed by atoms with Crippen LogP contribution >= 0.6 is 0 Å². The van der Waals surface area contributed by atoms with Crippen molar-refractivity contribution in [2.75, 3.05) is 26.2 Å². The number of H-pyrrole nitrogens is 1. The standard InChI is InChI=1S/C15H14N4O4/c20-13-7-23-15(22)19(13)6-9-4-18(5-9)14(21)10-1-2-11-12(3-10)17-8-16-11/h1-3,8-9H,4-7H2,(H,16,17). The zero-order chi connectivity index (χ0) is 16.0. The van der Waals surface area contributed by atoms with Gasteiger partial charge >= 0.3 is 6.09 Å². The molecular weight excluding hydrogens is 300 g/mol. The fourth-order valence-corrected chi connectivity index (χ4v) is 2.92. The lowest BCUT2D eigenvalue weighted by atomic mass is 9.98. The van der Waals surface area contributed by atoms with Crippen molar-refractivity contribution >= 4 is 28.9 Å². The maximum Gasteiger partial charge on any atom is 0.417 e. The molecule has 2 aliphatic rings. The smallest absolute Gasteiger partial charge is 0.417 e. The molecule has 23 heavy (non-hydrogen) atoms. The van der Waals surface area contributed by atoms with Crippen molar-refractivity contribution in [2.24, 2.45) is 5.92 Å². The molecule has 8 heteroatoms. The molecule has 118 valence electrons. The molecule has 8 nitrogen and oxygen atoms in total. The number of rotatable bonds is 3. The number of nitrogens with zero attached hydrogens (tertiary/aromatic N) is 3. The molecule has 0 aliphatic carbocycles. The Balaban J connectivity index is 1.38. The Hall–Kier alpha value is -2.90. The number of hydrogen-bond donors (Lipinski definition) is 1. The highest BCUT2D eigenvalue weighted by atomic mass is 16.6. The molecule has 0 bridgehead atoms. The number of imidazole rings is 1. The Morgan fingerprint density at radius 1 is 1.35 bits per heavy atom. The predicted octanol–water partition coefficient (Wildman–Crippen LogP) is 0.614. The van der Waals surface area contributed by atoms with E-state index in [9.17, 15) is 14.4 Å². The van der Waals surface area contributed by atoms with Crippen molar-refractivity contribution in [3.8, 4) is 0 Å². The van der Waals surface area contributed by atoms with Crippen LogP contribution in [0.15, 0.2) is 24.5 Å². The lowest BCUT2D eigenvalue weighted by Crippen LogP contribution is -2.54. The zero-order valence-electron chi connectivity index (χ0n) is 12.2. The first-order chi connectivity index (χ1) is 11.1. The Bertz CT molecular complexity index is 793. The number of fused-ring (bicyclic) bond motifs is 1. The SMILES string of the molecule is O=C(c1ccc2nc[nH]c2c1)N1CC(CN2C(=O)COC2=O)C1. The fraction of sp³-hybridized carbons (Fsp3) is 0.333. The van der Waals surface area contributed by atoms with Gasteiger partial charge in [0, 0.05) is 31.1 Å². The summed E-state index contributed by atoms with van der Waals surface area (Å²) in [5.74, 6) is -0.276. The summed E-state index contributed by atoms with van der Waals surface area (Å²) < 4.78 is 4.67. The maximum absolute atomic E-state index is 12.4. The third-order valence-electron chi connectivity index (χ3n) is 4.19. The van der Waals surface area contributed by atoms with Crippen LogP contribution in [0.25, 0.3) is 11.0 Å². The number of carbonyl (C=O) groups is 3. The molecule has 1 N–H and O–H groups in total. The van der Waals surface area contributed by atoms with E-state index in [-0.39, 0.29) is 24.3 Å². The maximum atomic E-state index is 12.4. The Kier molecular flexibility index (Phi) is 3.03. The number of cyclic esters (lactones) is 1. The first-order valence-electron chi connectivity index (χ1n) is 7.31. The molecule has 3 amide bonds. The van der Waals surface area contributed by atoms with Crippen molar-refractivity contribution in [3.63, 3.8) is 0 Å². The van der Waals surface area contributed by atoms with Gasteiger partial charge in [0.15, 0.2) is 6.61 Å². The van der Waals surface area contributed by atoms with Crippen LogP contribution in [0.1, 0.15) is 10.4 Å². The number of ether oxygens (including phenoxy) is 1. The van der Waals surface area contributed by atoms with Crippen LogP contribution in [0, 0.1) is 5.92 Å². The van der Waals surface area contributed by atoms with Gasteiger partial charge in [-0.2, -0.15) is 0 Å². The van der Waals surface area contributed by atoms with Crippen LogP contribution < -0.4 is 0 Å². The monoisotopic (exact) mass is 314 g/mol. The molecule has 1 aromatic heterocycles. The van der Waals surface area contributed by atoms with Gasteiger partial charge in [-0.3, -0.25) is 9.59 Å². The molecule has 4 rings (SSSR count). The van der Waals surface area contributed by atoms with E-state index >= 15 is 0 Å². The van der Waals surface area contributed by atoms with E-state index in [0.717, 1.165) is 15.9 Å². The summed E-state index contributed by atoms with van der Waals surface area (Å²) in [6.45, 7) is 1.17. The van der Waals surface area contributed by atoms with Gasteiger partial charge in [0.1, 0.15) is 0 Å². The Morgan fingerprint density at radius 3 is 2.91 bits per heavy atom. The third kappa shape index (κ3) is 2.32. The Morgan fingerprint density at radius 2 is 2.17 bits per heavy atom. The summed E-state index contributed by atoms with van der Waals surface area (Å²) in [6, 6.07) is 5.33. The molecule has 2 saturated heterocycles. The van der Waals surface area contributed by atoms with Gasteiger partial charge in [-0.15, -0.1) is 0 Å². The number of nitrogens with one attached hydrogen (secondary N) is 1. The molecule has 0 radical (unpaired) electrons.